The van der Waals surface area contributed by atoms with Crippen LogP contribution in [0.5, 0.6) is 0 Å². The van der Waals surface area contributed by atoms with Gasteiger partial charge in [-0.15, -0.1) is 0 Å². The van der Waals surface area contributed by atoms with Gasteiger partial charge in [0, 0.05) is 24.8 Å². The van der Waals surface area contributed by atoms with E-state index in [1.54, 1.807) is 0 Å². The van der Waals surface area contributed by atoms with Crippen molar-refractivity contribution in [2.24, 2.45) is 5.92 Å². The molecular weight excluding hydrogens is 282 g/mol. The Bertz CT molecular complexity index is 549. The zero-order chi connectivity index (χ0) is 16.3. The molecule has 2 N–H and O–H groups in total. The number of pyridine rings is 1. The summed E-state index contributed by atoms with van der Waals surface area (Å²) in [6.45, 7) is 9.24. The fourth-order valence-corrected chi connectivity index (χ4v) is 2.59. The number of carboxylic acid groups (broad SMARTS) is 1. The molecule has 0 aromatic carbocycles. The number of nitrogens with one attached hydrogen (secondary N) is 1. The number of aromatic carboxylic acids is 1. The Hall–Kier alpha value is -1.95. The molecule has 1 atom stereocenters. The highest BCUT2D eigenvalue weighted by Gasteiger charge is 2.30. The average molecular weight is 305 g/mol. The molecule has 1 aliphatic rings. The zero-order valence-corrected chi connectivity index (χ0v) is 13.3. The number of carbonyl (C=O) groups is 2. The lowest BCUT2D eigenvalue weighted by atomic mass is 10.1. The van der Waals surface area contributed by atoms with Crippen LogP contribution in [0.4, 0.5) is 0 Å². The fraction of sp³-hybridized carbons (Fsp3) is 0.562. The topological polar surface area (TPSA) is 82.5 Å². The van der Waals surface area contributed by atoms with E-state index in [4.69, 9.17) is 5.11 Å². The zero-order valence-electron chi connectivity index (χ0n) is 13.3. The van der Waals surface area contributed by atoms with E-state index >= 15 is 0 Å². The maximum absolute atomic E-state index is 12.0. The summed E-state index contributed by atoms with van der Waals surface area (Å²) in [6, 6.07) is 2.83. The number of hydrogen-bond donors (Lipinski definition) is 2. The van der Waals surface area contributed by atoms with Crippen molar-refractivity contribution in [1.29, 1.82) is 0 Å². The summed E-state index contributed by atoms with van der Waals surface area (Å²) >= 11 is 0. The maximum atomic E-state index is 12.0. The highest BCUT2D eigenvalue weighted by Crippen LogP contribution is 2.23. The summed E-state index contributed by atoms with van der Waals surface area (Å²) in [5, 5.41) is 11.7. The summed E-state index contributed by atoms with van der Waals surface area (Å²) in [4.78, 5) is 29.1. The van der Waals surface area contributed by atoms with Crippen molar-refractivity contribution >= 4 is 11.9 Å². The van der Waals surface area contributed by atoms with E-state index in [1.165, 1.54) is 18.3 Å². The van der Waals surface area contributed by atoms with Crippen LogP contribution in [0, 0.1) is 5.92 Å². The number of aromatic nitrogens is 1. The van der Waals surface area contributed by atoms with E-state index in [9.17, 15) is 9.59 Å². The SMILES string of the molecule is CC(C)(C)N1CCC(CNC(=O)c2ccc(C(=O)O)cn2)C1. The minimum Gasteiger partial charge on any atom is -0.478 e. The van der Waals surface area contributed by atoms with Gasteiger partial charge in [-0.3, -0.25) is 14.7 Å². The second kappa shape index (κ2) is 6.44. The standard InChI is InChI=1S/C16H23N3O3/c1-16(2,3)19-7-6-11(10-19)8-18-14(20)13-5-4-12(9-17-13)15(21)22/h4-5,9,11H,6-8,10H2,1-3H3,(H,18,20)(H,21,22). The Morgan fingerprint density at radius 2 is 2.14 bits per heavy atom. The van der Waals surface area contributed by atoms with Crippen molar-refractivity contribution in [3.8, 4) is 0 Å². The third-order valence-electron chi connectivity index (χ3n) is 4.03. The van der Waals surface area contributed by atoms with Crippen LogP contribution in [0.1, 0.15) is 48.0 Å². The van der Waals surface area contributed by atoms with Crippen molar-refractivity contribution in [1.82, 2.24) is 15.2 Å². The fourth-order valence-electron chi connectivity index (χ4n) is 2.59. The molecule has 2 rings (SSSR count). The Morgan fingerprint density at radius 3 is 2.64 bits per heavy atom. The van der Waals surface area contributed by atoms with E-state index in [1.807, 2.05) is 0 Å². The predicted octanol–water partition coefficient (Wildman–Crippen LogP) is 1.63. The summed E-state index contributed by atoms with van der Waals surface area (Å²) in [5.41, 5.74) is 0.483. The van der Waals surface area contributed by atoms with Crippen LogP contribution in [-0.2, 0) is 0 Å². The summed E-state index contributed by atoms with van der Waals surface area (Å²) < 4.78 is 0. The summed E-state index contributed by atoms with van der Waals surface area (Å²) in [7, 11) is 0. The van der Waals surface area contributed by atoms with Crippen molar-refractivity contribution in [2.75, 3.05) is 19.6 Å². The lowest BCUT2D eigenvalue weighted by Crippen LogP contribution is -2.40. The highest BCUT2D eigenvalue weighted by molar-refractivity contribution is 5.93. The molecule has 6 heteroatoms. The van der Waals surface area contributed by atoms with E-state index < -0.39 is 5.97 Å². The molecule has 1 aliphatic heterocycles. The van der Waals surface area contributed by atoms with Crippen LogP contribution in [-0.4, -0.2) is 52.0 Å². The van der Waals surface area contributed by atoms with Gasteiger partial charge in [0.2, 0.25) is 0 Å². The molecule has 1 aromatic heterocycles. The lowest BCUT2D eigenvalue weighted by Gasteiger charge is -2.31. The van der Waals surface area contributed by atoms with Crippen LogP contribution in [0.25, 0.3) is 0 Å². The Balaban J connectivity index is 1.84. The molecule has 1 saturated heterocycles. The largest absolute Gasteiger partial charge is 0.478 e. The van der Waals surface area contributed by atoms with Crippen LogP contribution in [0.2, 0.25) is 0 Å². The smallest absolute Gasteiger partial charge is 0.337 e. The molecule has 0 radical (unpaired) electrons. The molecule has 1 amide bonds. The third-order valence-corrected chi connectivity index (χ3v) is 4.03. The van der Waals surface area contributed by atoms with Gasteiger partial charge in [0.25, 0.3) is 5.91 Å². The average Bonchev–Trinajstić information content (AvgIpc) is 2.94. The number of hydrogen-bond acceptors (Lipinski definition) is 4. The van der Waals surface area contributed by atoms with E-state index in [0.29, 0.717) is 12.5 Å². The quantitative estimate of drug-likeness (QED) is 0.883. The monoisotopic (exact) mass is 305 g/mol. The van der Waals surface area contributed by atoms with Crippen LogP contribution in [0.15, 0.2) is 18.3 Å². The summed E-state index contributed by atoms with van der Waals surface area (Å²) in [6.07, 6.45) is 2.27. The van der Waals surface area contributed by atoms with Crippen LogP contribution >= 0.6 is 0 Å². The van der Waals surface area contributed by atoms with Crippen molar-refractivity contribution in [3.63, 3.8) is 0 Å². The van der Waals surface area contributed by atoms with Crippen molar-refractivity contribution in [2.45, 2.75) is 32.7 Å². The lowest BCUT2D eigenvalue weighted by molar-refractivity contribution is 0.0695. The second-order valence-electron chi connectivity index (χ2n) is 6.72. The van der Waals surface area contributed by atoms with Gasteiger partial charge >= 0.3 is 5.97 Å². The molecule has 0 bridgehead atoms. The van der Waals surface area contributed by atoms with Crippen LogP contribution in [0.3, 0.4) is 0 Å². The van der Waals surface area contributed by atoms with Crippen molar-refractivity contribution in [3.05, 3.63) is 29.6 Å². The Kier molecular flexibility index (Phi) is 4.81. The normalized spacial score (nSPS) is 19.1. The molecule has 1 unspecified atom stereocenters. The molecule has 0 saturated carbocycles. The van der Waals surface area contributed by atoms with Gasteiger partial charge < -0.3 is 10.4 Å². The minimum atomic E-state index is -1.05. The molecule has 120 valence electrons. The first kappa shape index (κ1) is 16.4. The molecule has 2 heterocycles. The third kappa shape index (κ3) is 4.04. The number of carboxylic acids is 1. The van der Waals surface area contributed by atoms with Gasteiger partial charge in [0.15, 0.2) is 0 Å². The highest BCUT2D eigenvalue weighted by atomic mass is 16.4. The number of nitrogens with zero attached hydrogens (tertiary/aromatic N) is 2. The maximum Gasteiger partial charge on any atom is 0.337 e. The van der Waals surface area contributed by atoms with E-state index in [0.717, 1.165) is 19.5 Å². The molecule has 0 aliphatic carbocycles. The molecule has 22 heavy (non-hydrogen) atoms. The Morgan fingerprint density at radius 1 is 1.41 bits per heavy atom. The van der Waals surface area contributed by atoms with Gasteiger partial charge in [-0.2, -0.15) is 0 Å². The van der Waals surface area contributed by atoms with E-state index in [-0.39, 0.29) is 22.7 Å². The molecule has 1 aromatic rings. The van der Waals surface area contributed by atoms with Gasteiger partial charge in [-0.25, -0.2) is 4.79 Å². The number of likely N-dealkylation sites (tertiary alicyclic amines) is 1. The minimum absolute atomic E-state index is 0.0770. The first-order valence-electron chi connectivity index (χ1n) is 7.50. The number of rotatable bonds is 4. The number of amides is 1. The van der Waals surface area contributed by atoms with Gasteiger partial charge in [-0.05, 0) is 51.8 Å². The van der Waals surface area contributed by atoms with Crippen LogP contribution < -0.4 is 5.32 Å². The second-order valence-corrected chi connectivity index (χ2v) is 6.72. The number of carbonyl (C=O) groups excluding carboxylic acids is 1. The molecule has 6 nitrogen and oxygen atoms in total. The molecule has 1 fully saturated rings. The van der Waals surface area contributed by atoms with Gasteiger partial charge in [-0.1, -0.05) is 0 Å². The molecular formula is C16H23N3O3. The first-order valence-corrected chi connectivity index (χ1v) is 7.50. The summed E-state index contributed by atoms with van der Waals surface area (Å²) in [5.74, 6) is -0.861. The van der Waals surface area contributed by atoms with Gasteiger partial charge in [0.1, 0.15) is 5.69 Å². The van der Waals surface area contributed by atoms with E-state index in [2.05, 4.69) is 36.0 Å². The molecule has 0 spiro atoms. The Labute approximate surface area is 130 Å². The van der Waals surface area contributed by atoms with Crippen molar-refractivity contribution < 1.29 is 14.7 Å². The predicted molar refractivity (Wildman–Crippen MR) is 83.0 cm³/mol. The first-order chi connectivity index (χ1) is 10.3. The van der Waals surface area contributed by atoms with Gasteiger partial charge in [0.05, 0.1) is 5.56 Å².